The predicted octanol–water partition coefficient (Wildman–Crippen LogP) is 2.04. The summed E-state index contributed by atoms with van der Waals surface area (Å²) in [6.45, 7) is 3.12. The Bertz CT molecular complexity index is 924. The number of piperazine rings is 1. The fraction of sp³-hybridized carbons (Fsp3) is 0.333. The van der Waals surface area contributed by atoms with Crippen molar-refractivity contribution >= 4 is 46.4 Å². The van der Waals surface area contributed by atoms with Gasteiger partial charge in [0.1, 0.15) is 5.75 Å². The Morgan fingerprint density at radius 1 is 1.03 bits per heavy atom. The molecule has 2 aliphatic heterocycles. The number of halogens is 2. The average molecular weight is 435 g/mol. The summed E-state index contributed by atoms with van der Waals surface area (Å²) in [5, 5.41) is 0.795. The van der Waals surface area contributed by atoms with Crippen LogP contribution in [-0.2, 0) is 9.59 Å². The molecule has 0 spiro atoms. The van der Waals surface area contributed by atoms with Crippen LogP contribution in [0.1, 0.15) is 6.42 Å². The maximum absolute atomic E-state index is 13.1. The van der Waals surface area contributed by atoms with Gasteiger partial charge in [-0.1, -0.05) is 35.3 Å². The van der Waals surface area contributed by atoms with Crippen LogP contribution >= 0.6 is 23.2 Å². The number of carbonyl (C=O) groups is 2. The predicted molar refractivity (Wildman–Crippen MR) is 113 cm³/mol. The molecule has 0 unspecified atom stereocenters. The molecule has 2 fully saturated rings. The summed E-state index contributed by atoms with van der Waals surface area (Å²) in [5.74, 6) is 0.444. The molecule has 0 bridgehead atoms. The normalized spacial score (nSPS) is 20.4. The van der Waals surface area contributed by atoms with E-state index in [9.17, 15) is 9.59 Å². The molecule has 0 saturated carbocycles. The van der Waals surface area contributed by atoms with Gasteiger partial charge >= 0.3 is 0 Å². The number of amides is 2. The van der Waals surface area contributed by atoms with Gasteiger partial charge in [-0.15, -0.1) is 0 Å². The molecular weight excluding hydrogens is 413 g/mol. The van der Waals surface area contributed by atoms with Gasteiger partial charge in [0.05, 0.1) is 51.1 Å². The summed E-state index contributed by atoms with van der Waals surface area (Å²) in [5.41, 5.74) is 1.49. The molecule has 0 aromatic heterocycles. The lowest BCUT2D eigenvalue weighted by Gasteiger charge is -2.36. The Morgan fingerprint density at radius 3 is 2.34 bits per heavy atom. The topological polar surface area (TPSA) is 54.3 Å². The number of anilines is 2. The average Bonchev–Trinajstić information content (AvgIpc) is 3.01. The standard InChI is InChI=1S/C21H21Cl2N3O3/c1-29-19-5-3-2-4-17(19)24-6-8-25(9-7-24)18-13-20(27)26(21(18)28)16-11-14(22)10-15(23)12-16/h2-5,10-12,18H,6-9,13H2,1H3/p+1/t18-/m1/s1. The summed E-state index contributed by atoms with van der Waals surface area (Å²) >= 11 is 12.1. The molecular formula is C21H22Cl2N3O3+. The number of methoxy groups -OCH3 is 1. The van der Waals surface area contributed by atoms with E-state index in [1.807, 2.05) is 24.3 Å². The maximum Gasteiger partial charge on any atom is 0.292 e. The smallest absolute Gasteiger partial charge is 0.292 e. The first-order valence-electron chi connectivity index (χ1n) is 9.53. The van der Waals surface area contributed by atoms with Gasteiger partial charge in [0.2, 0.25) is 5.91 Å². The van der Waals surface area contributed by atoms with Crippen LogP contribution in [0.2, 0.25) is 10.0 Å². The molecule has 152 valence electrons. The Kier molecular flexibility index (Phi) is 5.67. The van der Waals surface area contributed by atoms with Gasteiger partial charge < -0.3 is 14.5 Å². The van der Waals surface area contributed by atoms with Crippen molar-refractivity contribution in [2.75, 3.05) is 43.1 Å². The molecule has 2 saturated heterocycles. The SMILES string of the molecule is COc1ccccc1N1CC[NH+]([C@@H]2CC(=O)N(c3cc(Cl)cc(Cl)c3)C2=O)CC1. The van der Waals surface area contributed by atoms with Crippen LogP contribution in [0.5, 0.6) is 5.75 Å². The number of para-hydroxylation sites is 2. The minimum Gasteiger partial charge on any atom is -0.495 e. The summed E-state index contributed by atoms with van der Waals surface area (Å²) in [6, 6.07) is 12.3. The van der Waals surface area contributed by atoms with Crippen LogP contribution in [-0.4, -0.2) is 51.1 Å². The van der Waals surface area contributed by atoms with Gasteiger partial charge in [-0.3, -0.25) is 9.59 Å². The van der Waals surface area contributed by atoms with Crippen molar-refractivity contribution in [3.63, 3.8) is 0 Å². The van der Waals surface area contributed by atoms with Crippen molar-refractivity contribution in [2.45, 2.75) is 12.5 Å². The third-order valence-corrected chi connectivity index (χ3v) is 6.01. The minimum atomic E-state index is -0.375. The Balaban J connectivity index is 1.47. The van der Waals surface area contributed by atoms with E-state index < -0.39 is 0 Å². The number of rotatable bonds is 4. The van der Waals surface area contributed by atoms with Gasteiger partial charge in [-0.05, 0) is 30.3 Å². The second-order valence-corrected chi connectivity index (χ2v) is 8.14. The first-order chi connectivity index (χ1) is 14.0. The first kappa shape index (κ1) is 20.0. The molecule has 2 aromatic rings. The zero-order chi connectivity index (χ0) is 20.5. The zero-order valence-electron chi connectivity index (χ0n) is 16.0. The molecule has 1 N–H and O–H groups in total. The van der Waals surface area contributed by atoms with Crippen molar-refractivity contribution < 1.29 is 19.2 Å². The van der Waals surface area contributed by atoms with Crippen molar-refractivity contribution in [1.29, 1.82) is 0 Å². The van der Waals surface area contributed by atoms with E-state index in [0.29, 0.717) is 15.7 Å². The van der Waals surface area contributed by atoms with Crippen LogP contribution in [0.3, 0.4) is 0 Å². The number of benzene rings is 2. The highest BCUT2D eigenvalue weighted by molar-refractivity contribution is 6.35. The molecule has 2 aromatic carbocycles. The van der Waals surface area contributed by atoms with Gasteiger partial charge in [-0.2, -0.15) is 0 Å². The molecule has 0 aliphatic carbocycles. The molecule has 4 rings (SSSR count). The highest BCUT2D eigenvalue weighted by atomic mass is 35.5. The Morgan fingerprint density at radius 2 is 1.69 bits per heavy atom. The van der Waals surface area contributed by atoms with Crippen molar-refractivity contribution in [2.24, 2.45) is 0 Å². The van der Waals surface area contributed by atoms with E-state index in [4.69, 9.17) is 27.9 Å². The van der Waals surface area contributed by atoms with E-state index in [1.54, 1.807) is 25.3 Å². The molecule has 2 heterocycles. The van der Waals surface area contributed by atoms with Crippen molar-refractivity contribution in [3.05, 3.63) is 52.5 Å². The van der Waals surface area contributed by atoms with E-state index >= 15 is 0 Å². The third kappa shape index (κ3) is 3.92. The van der Waals surface area contributed by atoms with Gasteiger partial charge in [-0.25, -0.2) is 4.90 Å². The van der Waals surface area contributed by atoms with Gasteiger partial charge in [0, 0.05) is 10.0 Å². The summed E-state index contributed by atoms with van der Waals surface area (Å²) < 4.78 is 5.46. The Labute approximate surface area is 179 Å². The van der Waals surface area contributed by atoms with Crippen LogP contribution in [0.4, 0.5) is 11.4 Å². The van der Waals surface area contributed by atoms with Gasteiger partial charge in [0.25, 0.3) is 5.91 Å². The summed E-state index contributed by atoms with van der Waals surface area (Å²) in [4.78, 5) is 30.3. The molecule has 2 amide bonds. The van der Waals surface area contributed by atoms with E-state index in [0.717, 1.165) is 42.5 Å². The van der Waals surface area contributed by atoms with Crippen LogP contribution in [0.15, 0.2) is 42.5 Å². The van der Waals surface area contributed by atoms with Crippen LogP contribution in [0.25, 0.3) is 0 Å². The summed E-state index contributed by atoms with van der Waals surface area (Å²) in [7, 11) is 1.67. The number of hydrogen-bond donors (Lipinski definition) is 1. The monoisotopic (exact) mass is 434 g/mol. The molecule has 6 nitrogen and oxygen atoms in total. The Hall–Kier alpha value is -2.28. The lowest BCUT2D eigenvalue weighted by molar-refractivity contribution is -0.915. The number of quaternary nitrogens is 1. The number of nitrogens with zero attached hydrogens (tertiary/aromatic N) is 2. The fourth-order valence-corrected chi connectivity index (χ4v) is 4.68. The molecule has 1 atom stereocenters. The number of hydrogen-bond acceptors (Lipinski definition) is 4. The minimum absolute atomic E-state index is 0.186. The highest BCUT2D eigenvalue weighted by Gasteiger charge is 2.46. The number of imide groups is 1. The van der Waals surface area contributed by atoms with E-state index in [-0.39, 0.29) is 24.3 Å². The zero-order valence-corrected chi connectivity index (χ0v) is 17.5. The fourth-order valence-electron chi connectivity index (χ4n) is 4.16. The van der Waals surface area contributed by atoms with Gasteiger partial charge in [0.15, 0.2) is 6.04 Å². The number of nitrogens with one attached hydrogen (secondary N) is 1. The second-order valence-electron chi connectivity index (χ2n) is 7.27. The quantitative estimate of drug-likeness (QED) is 0.748. The lowest BCUT2D eigenvalue weighted by atomic mass is 10.1. The van der Waals surface area contributed by atoms with Crippen molar-refractivity contribution in [1.82, 2.24) is 0 Å². The molecule has 8 heteroatoms. The molecule has 0 radical (unpaired) electrons. The van der Waals surface area contributed by atoms with Crippen LogP contribution < -0.4 is 19.4 Å². The first-order valence-corrected chi connectivity index (χ1v) is 10.3. The lowest BCUT2D eigenvalue weighted by Crippen LogP contribution is -3.19. The molecule has 2 aliphatic rings. The summed E-state index contributed by atoms with van der Waals surface area (Å²) in [6.07, 6.45) is 0.201. The van der Waals surface area contributed by atoms with E-state index in [1.165, 1.54) is 4.90 Å². The van der Waals surface area contributed by atoms with E-state index in [2.05, 4.69) is 4.90 Å². The van der Waals surface area contributed by atoms with Crippen LogP contribution in [0, 0.1) is 0 Å². The number of ether oxygens (including phenoxy) is 1. The number of carbonyl (C=O) groups excluding carboxylic acids is 2. The third-order valence-electron chi connectivity index (χ3n) is 5.58. The maximum atomic E-state index is 13.1. The van der Waals surface area contributed by atoms with Crippen molar-refractivity contribution in [3.8, 4) is 5.75 Å². The second kappa shape index (κ2) is 8.22. The molecule has 29 heavy (non-hydrogen) atoms. The highest BCUT2D eigenvalue weighted by Crippen LogP contribution is 2.30. The largest absolute Gasteiger partial charge is 0.495 e.